The summed E-state index contributed by atoms with van der Waals surface area (Å²) in [6.07, 6.45) is 5.62. The van der Waals surface area contributed by atoms with Crippen LogP contribution in [0.4, 0.5) is 0 Å². The molecule has 0 radical (unpaired) electrons. The number of nitrogens with zero attached hydrogens (tertiary/aromatic N) is 5. The monoisotopic (exact) mass is 359 g/mol. The first kappa shape index (κ1) is 17.8. The third-order valence-corrected chi connectivity index (χ3v) is 4.96. The number of hydrogen-bond acceptors (Lipinski definition) is 5. The third kappa shape index (κ3) is 4.76. The maximum absolute atomic E-state index is 4.48. The summed E-state index contributed by atoms with van der Waals surface area (Å²) in [5.74, 6) is 0.683. The summed E-state index contributed by atoms with van der Waals surface area (Å²) >= 11 is 0. The quantitative estimate of drug-likeness (QED) is 0.700. The van der Waals surface area contributed by atoms with E-state index in [0.29, 0.717) is 5.82 Å². The third-order valence-electron chi connectivity index (χ3n) is 4.96. The second-order valence-corrected chi connectivity index (χ2v) is 7.17. The molecule has 1 aliphatic heterocycles. The molecule has 5 nitrogen and oxygen atoms in total. The Bertz CT molecular complexity index is 855. The Kier molecular flexibility index (Phi) is 5.51. The van der Waals surface area contributed by atoms with Crippen molar-refractivity contribution in [2.45, 2.75) is 20.0 Å². The largest absolute Gasteiger partial charge is 0.297 e. The highest BCUT2D eigenvalue weighted by molar-refractivity contribution is 5.47. The number of pyridine rings is 1. The van der Waals surface area contributed by atoms with Gasteiger partial charge in [0.1, 0.15) is 5.69 Å². The van der Waals surface area contributed by atoms with Gasteiger partial charge in [-0.3, -0.25) is 14.8 Å². The van der Waals surface area contributed by atoms with Crippen LogP contribution in [0, 0.1) is 6.92 Å². The van der Waals surface area contributed by atoms with E-state index in [4.69, 9.17) is 0 Å². The van der Waals surface area contributed by atoms with Gasteiger partial charge in [-0.05, 0) is 24.6 Å². The highest BCUT2D eigenvalue weighted by Gasteiger charge is 2.17. The number of rotatable bonds is 5. The maximum atomic E-state index is 4.48. The van der Waals surface area contributed by atoms with Crippen molar-refractivity contribution in [3.8, 4) is 11.5 Å². The van der Waals surface area contributed by atoms with Gasteiger partial charge in [0.2, 0.25) is 0 Å². The van der Waals surface area contributed by atoms with Crippen LogP contribution >= 0.6 is 0 Å². The lowest BCUT2D eigenvalue weighted by atomic mass is 10.1. The molecule has 3 aromatic rings. The summed E-state index contributed by atoms with van der Waals surface area (Å²) < 4.78 is 0. The van der Waals surface area contributed by atoms with E-state index in [1.54, 1.807) is 6.20 Å². The van der Waals surface area contributed by atoms with E-state index in [0.717, 1.165) is 50.5 Å². The lowest BCUT2D eigenvalue weighted by Gasteiger charge is -2.34. The van der Waals surface area contributed by atoms with Crippen LogP contribution in [0.25, 0.3) is 11.5 Å². The molecule has 0 N–H and O–H groups in total. The molecule has 138 valence electrons. The van der Waals surface area contributed by atoms with Gasteiger partial charge in [-0.25, -0.2) is 9.97 Å². The van der Waals surface area contributed by atoms with Crippen LogP contribution in [0.5, 0.6) is 0 Å². The van der Waals surface area contributed by atoms with Gasteiger partial charge in [0.15, 0.2) is 5.82 Å². The number of aromatic nitrogens is 3. The predicted molar refractivity (Wildman–Crippen MR) is 107 cm³/mol. The lowest BCUT2D eigenvalue weighted by molar-refractivity contribution is 0.122. The van der Waals surface area contributed by atoms with E-state index in [1.165, 1.54) is 11.1 Å². The average Bonchev–Trinajstić information content (AvgIpc) is 2.71. The minimum absolute atomic E-state index is 0.683. The van der Waals surface area contributed by atoms with Crippen LogP contribution in [-0.4, -0.2) is 50.9 Å². The Balaban J connectivity index is 1.29. The van der Waals surface area contributed by atoms with E-state index in [2.05, 4.69) is 55.9 Å². The van der Waals surface area contributed by atoms with E-state index in [9.17, 15) is 0 Å². The Labute approximate surface area is 160 Å². The minimum atomic E-state index is 0.683. The minimum Gasteiger partial charge on any atom is -0.297 e. The van der Waals surface area contributed by atoms with Crippen molar-refractivity contribution in [1.82, 2.24) is 24.8 Å². The van der Waals surface area contributed by atoms with Crippen molar-refractivity contribution in [2.75, 3.05) is 26.2 Å². The summed E-state index contributed by atoms with van der Waals surface area (Å²) in [5.41, 5.74) is 4.71. The Morgan fingerprint density at radius 2 is 1.48 bits per heavy atom. The van der Waals surface area contributed by atoms with E-state index < -0.39 is 0 Å². The van der Waals surface area contributed by atoms with E-state index in [1.807, 2.05) is 30.6 Å². The average molecular weight is 359 g/mol. The fourth-order valence-electron chi connectivity index (χ4n) is 3.50. The first-order chi connectivity index (χ1) is 13.3. The molecule has 1 aliphatic rings. The summed E-state index contributed by atoms with van der Waals surface area (Å²) in [4.78, 5) is 18.3. The van der Waals surface area contributed by atoms with Gasteiger partial charge < -0.3 is 0 Å². The normalized spacial score (nSPS) is 15.7. The van der Waals surface area contributed by atoms with Crippen LogP contribution in [-0.2, 0) is 13.1 Å². The van der Waals surface area contributed by atoms with E-state index >= 15 is 0 Å². The first-order valence-electron chi connectivity index (χ1n) is 9.49. The van der Waals surface area contributed by atoms with Gasteiger partial charge in [0, 0.05) is 63.4 Å². The van der Waals surface area contributed by atoms with Crippen LogP contribution in [0.1, 0.15) is 16.7 Å². The first-order valence-corrected chi connectivity index (χ1v) is 9.49. The van der Waals surface area contributed by atoms with Gasteiger partial charge in [0.25, 0.3) is 0 Å². The highest BCUT2D eigenvalue weighted by Crippen LogP contribution is 2.14. The van der Waals surface area contributed by atoms with Crippen molar-refractivity contribution in [3.05, 3.63) is 77.7 Å². The molecule has 27 heavy (non-hydrogen) atoms. The molecule has 1 fully saturated rings. The molecule has 0 saturated carbocycles. The van der Waals surface area contributed by atoms with Gasteiger partial charge in [-0.2, -0.15) is 0 Å². The van der Waals surface area contributed by atoms with Crippen LogP contribution in [0.2, 0.25) is 0 Å². The number of piperazine rings is 1. The fourth-order valence-corrected chi connectivity index (χ4v) is 3.50. The van der Waals surface area contributed by atoms with Crippen molar-refractivity contribution in [3.63, 3.8) is 0 Å². The predicted octanol–water partition coefficient (Wildman–Crippen LogP) is 3.16. The molecule has 0 unspecified atom stereocenters. The molecule has 0 aliphatic carbocycles. The van der Waals surface area contributed by atoms with Gasteiger partial charge in [-0.1, -0.05) is 35.9 Å². The van der Waals surface area contributed by atoms with Gasteiger partial charge >= 0.3 is 0 Å². The molecule has 4 rings (SSSR count). The van der Waals surface area contributed by atoms with Crippen LogP contribution < -0.4 is 0 Å². The summed E-state index contributed by atoms with van der Waals surface area (Å²) in [6, 6.07) is 14.6. The second kappa shape index (κ2) is 8.37. The van der Waals surface area contributed by atoms with Crippen LogP contribution in [0.3, 0.4) is 0 Å². The standard InChI is InChI=1S/C22H25N5/c1-18-5-4-6-19(13-18)16-26-9-11-27(12-10-26)17-20-14-24-22(25-15-20)21-7-2-3-8-23-21/h2-8,13-15H,9-12,16-17H2,1H3. The molecule has 0 amide bonds. The molecule has 0 atom stereocenters. The Hall–Kier alpha value is -2.63. The summed E-state index contributed by atoms with van der Waals surface area (Å²) in [6.45, 7) is 8.45. The lowest BCUT2D eigenvalue weighted by Crippen LogP contribution is -2.45. The SMILES string of the molecule is Cc1cccc(CN2CCN(Cc3cnc(-c4ccccn4)nc3)CC2)c1. The molecular weight excluding hydrogens is 334 g/mol. The van der Waals surface area contributed by atoms with E-state index in [-0.39, 0.29) is 0 Å². The Morgan fingerprint density at radius 1 is 0.778 bits per heavy atom. The molecule has 0 spiro atoms. The highest BCUT2D eigenvalue weighted by atomic mass is 15.3. The fraction of sp³-hybridized carbons (Fsp3) is 0.318. The second-order valence-electron chi connectivity index (χ2n) is 7.17. The smallest absolute Gasteiger partial charge is 0.178 e. The molecule has 5 heteroatoms. The van der Waals surface area contributed by atoms with Crippen molar-refractivity contribution >= 4 is 0 Å². The number of hydrogen-bond donors (Lipinski definition) is 0. The molecule has 1 aromatic carbocycles. The van der Waals surface area contributed by atoms with Crippen molar-refractivity contribution in [2.24, 2.45) is 0 Å². The Morgan fingerprint density at radius 3 is 2.11 bits per heavy atom. The molecule has 1 saturated heterocycles. The maximum Gasteiger partial charge on any atom is 0.178 e. The molecular formula is C22H25N5. The topological polar surface area (TPSA) is 45.2 Å². The van der Waals surface area contributed by atoms with Crippen LogP contribution in [0.15, 0.2) is 61.1 Å². The summed E-state index contributed by atoms with van der Waals surface area (Å²) in [5, 5.41) is 0. The zero-order valence-corrected chi connectivity index (χ0v) is 15.8. The van der Waals surface area contributed by atoms with Crippen molar-refractivity contribution < 1.29 is 0 Å². The molecule has 3 heterocycles. The molecule has 0 bridgehead atoms. The number of aryl methyl sites for hydroxylation is 1. The van der Waals surface area contributed by atoms with Gasteiger partial charge in [0.05, 0.1) is 0 Å². The van der Waals surface area contributed by atoms with Crippen molar-refractivity contribution in [1.29, 1.82) is 0 Å². The number of benzene rings is 1. The summed E-state index contributed by atoms with van der Waals surface area (Å²) in [7, 11) is 0. The molecule has 2 aromatic heterocycles. The zero-order valence-electron chi connectivity index (χ0n) is 15.8. The zero-order chi connectivity index (χ0) is 18.5. The van der Waals surface area contributed by atoms with Gasteiger partial charge in [-0.15, -0.1) is 0 Å².